The third-order valence-corrected chi connectivity index (χ3v) is 4.80. The van der Waals surface area contributed by atoms with Crippen LogP contribution in [0.3, 0.4) is 0 Å². The van der Waals surface area contributed by atoms with Crippen LogP contribution < -0.4 is 10.2 Å². The average Bonchev–Trinajstić information content (AvgIpc) is 3.07. The molecule has 0 spiro atoms. The number of hydrogen-bond donors (Lipinski definition) is 1. The van der Waals surface area contributed by atoms with Gasteiger partial charge < -0.3 is 10.2 Å². The van der Waals surface area contributed by atoms with Gasteiger partial charge in [-0.1, -0.05) is 23.5 Å². The zero-order valence-corrected chi connectivity index (χ0v) is 14.0. The fourth-order valence-corrected chi connectivity index (χ4v) is 3.40. The van der Waals surface area contributed by atoms with E-state index in [2.05, 4.69) is 15.5 Å². The van der Waals surface area contributed by atoms with Crippen LogP contribution in [0.1, 0.15) is 18.4 Å². The molecule has 0 unspecified atom stereocenters. The van der Waals surface area contributed by atoms with Crippen molar-refractivity contribution in [3.8, 4) is 0 Å². The summed E-state index contributed by atoms with van der Waals surface area (Å²) in [5.41, 5.74) is 2.99. The number of nitro groups is 1. The van der Waals surface area contributed by atoms with Gasteiger partial charge in [-0.05, 0) is 25.8 Å². The molecule has 0 atom stereocenters. The Bertz CT molecular complexity index is 742. The number of hydrogen-bond acceptors (Lipinski definition) is 7. The van der Waals surface area contributed by atoms with E-state index in [9.17, 15) is 14.9 Å². The number of aryl methyl sites for hydroxylation is 1. The van der Waals surface area contributed by atoms with Gasteiger partial charge in [-0.2, -0.15) is 0 Å². The van der Waals surface area contributed by atoms with Crippen molar-refractivity contribution in [3.05, 3.63) is 39.4 Å². The first-order valence-electron chi connectivity index (χ1n) is 7.62. The molecule has 126 valence electrons. The lowest BCUT2D eigenvalue weighted by Gasteiger charge is -2.32. The molecule has 1 N–H and O–H groups in total. The molecule has 1 aliphatic rings. The Kier molecular flexibility index (Phi) is 4.70. The van der Waals surface area contributed by atoms with Crippen molar-refractivity contribution in [3.63, 3.8) is 0 Å². The van der Waals surface area contributed by atoms with Gasteiger partial charge in [-0.25, -0.2) is 0 Å². The molecule has 1 aliphatic heterocycles. The first-order chi connectivity index (χ1) is 11.6. The largest absolute Gasteiger partial charge is 0.366 e. The van der Waals surface area contributed by atoms with Crippen molar-refractivity contribution in [2.24, 2.45) is 5.92 Å². The maximum absolute atomic E-state index is 12.2. The third-order valence-electron chi connectivity index (χ3n) is 4.20. The summed E-state index contributed by atoms with van der Waals surface area (Å²) in [4.78, 5) is 25.2. The van der Waals surface area contributed by atoms with Crippen LogP contribution in [0.2, 0.25) is 0 Å². The molecule has 24 heavy (non-hydrogen) atoms. The molecule has 2 heterocycles. The lowest BCUT2D eigenvalue weighted by molar-refractivity contribution is -0.384. The van der Waals surface area contributed by atoms with Crippen LogP contribution in [0.4, 0.5) is 16.5 Å². The number of amides is 1. The van der Waals surface area contributed by atoms with E-state index in [1.807, 2.05) is 11.0 Å². The van der Waals surface area contributed by atoms with Crippen molar-refractivity contribution in [1.82, 2.24) is 10.2 Å². The number of nitro benzene ring substituents is 1. The summed E-state index contributed by atoms with van der Waals surface area (Å²) in [6, 6.07) is 5.34. The summed E-state index contributed by atoms with van der Waals surface area (Å²) >= 11 is 1.28. The fraction of sp³-hybridized carbons (Fsp3) is 0.400. The molecule has 0 bridgehead atoms. The second kappa shape index (κ2) is 6.91. The number of carbonyl (C=O) groups is 1. The van der Waals surface area contributed by atoms with E-state index in [1.165, 1.54) is 11.3 Å². The normalized spacial score (nSPS) is 15.3. The standard InChI is InChI=1S/C15H17N5O3S/c1-10-3-2-4-12(13(10)20(22)23)19-7-5-11(6-8-19)14(21)17-15-18-16-9-24-15/h2-4,9,11H,5-8H2,1H3,(H,17,18,21). The van der Waals surface area contributed by atoms with Gasteiger partial charge in [0.15, 0.2) is 0 Å². The van der Waals surface area contributed by atoms with E-state index >= 15 is 0 Å². The first-order valence-corrected chi connectivity index (χ1v) is 8.50. The molecule has 9 heteroatoms. The van der Waals surface area contributed by atoms with E-state index in [4.69, 9.17) is 0 Å². The smallest absolute Gasteiger partial charge is 0.295 e. The fourth-order valence-electron chi connectivity index (χ4n) is 2.95. The molecule has 0 saturated carbocycles. The lowest BCUT2D eigenvalue weighted by Crippen LogP contribution is -2.38. The predicted molar refractivity (Wildman–Crippen MR) is 91.3 cm³/mol. The van der Waals surface area contributed by atoms with Crippen LogP contribution in [0.15, 0.2) is 23.7 Å². The van der Waals surface area contributed by atoms with E-state index in [0.29, 0.717) is 42.3 Å². The Morgan fingerprint density at radius 2 is 2.17 bits per heavy atom. The molecule has 0 aliphatic carbocycles. The van der Waals surface area contributed by atoms with Gasteiger partial charge in [-0.3, -0.25) is 14.9 Å². The minimum Gasteiger partial charge on any atom is -0.366 e. The van der Waals surface area contributed by atoms with Crippen LogP contribution >= 0.6 is 11.3 Å². The number of carbonyl (C=O) groups excluding carboxylic acids is 1. The SMILES string of the molecule is Cc1cccc(N2CCC(C(=O)Nc3nncs3)CC2)c1[N+](=O)[O-]. The van der Waals surface area contributed by atoms with E-state index in [-0.39, 0.29) is 22.4 Å². The van der Waals surface area contributed by atoms with E-state index < -0.39 is 0 Å². The van der Waals surface area contributed by atoms with Crippen molar-refractivity contribution in [2.45, 2.75) is 19.8 Å². The number of anilines is 2. The Labute approximate surface area is 142 Å². The molecule has 1 aromatic heterocycles. The van der Waals surface area contributed by atoms with Crippen molar-refractivity contribution >= 4 is 33.8 Å². The molecular weight excluding hydrogens is 330 g/mol. The second-order valence-corrected chi connectivity index (χ2v) is 6.53. The van der Waals surface area contributed by atoms with Gasteiger partial charge in [0.25, 0.3) is 5.69 Å². The number of rotatable bonds is 4. The van der Waals surface area contributed by atoms with Crippen molar-refractivity contribution in [2.75, 3.05) is 23.3 Å². The number of nitrogens with zero attached hydrogens (tertiary/aromatic N) is 4. The minimum atomic E-state index is -0.334. The Morgan fingerprint density at radius 1 is 1.42 bits per heavy atom. The summed E-state index contributed by atoms with van der Waals surface area (Å²) in [6.07, 6.45) is 1.30. The Morgan fingerprint density at radius 3 is 2.79 bits per heavy atom. The quantitative estimate of drug-likeness (QED) is 0.674. The van der Waals surface area contributed by atoms with Crippen molar-refractivity contribution in [1.29, 1.82) is 0 Å². The molecule has 8 nitrogen and oxygen atoms in total. The second-order valence-electron chi connectivity index (χ2n) is 5.69. The third kappa shape index (κ3) is 3.35. The highest BCUT2D eigenvalue weighted by molar-refractivity contribution is 7.13. The van der Waals surface area contributed by atoms with Gasteiger partial charge in [0.2, 0.25) is 11.0 Å². The van der Waals surface area contributed by atoms with Gasteiger partial charge in [0.05, 0.1) is 4.92 Å². The molecule has 1 saturated heterocycles. The molecular formula is C15H17N5O3S. The summed E-state index contributed by atoms with van der Waals surface area (Å²) < 4.78 is 0. The number of nitrogens with one attached hydrogen (secondary N) is 1. The summed E-state index contributed by atoms with van der Waals surface area (Å²) in [6.45, 7) is 2.96. The summed E-state index contributed by atoms with van der Waals surface area (Å²) in [5, 5.41) is 22.1. The number of benzene rings is 1. The van der Waals surface area contributed by atoms with Crippen molar-refractivity contribution < 1.29 is 9.72 Å². The van der Waals surface area contributed by atoms with Crippen LogP contribution in [0, 0.1) is 23.0 Å². The van der Waals surface area contributed by atoms with Crippen LogP contribution in [0.25, 0.3) is 0 Å². The maximum atomic E-state index is 12.2. The molecule has 2 aromatic rings. The number of piperidine rings is 1. The zero-order valence-electron chi connectivity index (χ0n) is 13.1. The van der Waals surface area contributed by atoms with E-state index in [1.54, 1.807) is 24.6 Å². The summed E-state index contributed by atoms with van der Waals surface area (Å²) in [7, 11) is 0. The zero-order chi connectivity index (χ0) is 17.1. The van der Waals surface area contributed by atoms with E-state index in [0.717, 1.165) is 0 Å². The highest BCUT2D eigenvalue weighted by Gasteiger charge is 2.29. The minimum absolute atomic E-state index is 0.0647. The predicted octanol–water partition coefficient (Wildman–Crippen LogP) is 2.61. The van der Waals surface area contributed by atoms with Gasteiger partial charge in [0.1, 0.15) is 11.2 Å². The summed E-state index contributed by atoms with van der Waals surface area (Å²) in [5.74, 6) is -0.181. The molecule has 1 amide bonds. The molecule has 3 rings (SSSR count). The Hall–Kier alpha value is -2.55. The maximum Gasteiger partial charge on any atom is 0.295 e. The van der Waals surface area contributed by atoms with Gasteiger partial charge >= 0.3 is 0 Å². The average molecular weight is 347 g/mol. The van der Waals surface area contributed by atoms with Crippen LogP contribution in [-0.4, -0.2) is 34.1 Å². The molecule has 0 radical (unpaired) electrons. The monoisotopic (exact) mass is 347 g/mol. The topological polar surface area (TPSA) is 101 Å². The molecule has 1 aromatic carbocycles. The highest BCUT2D eigenvalue weighted by atomic mass is 32.1. The first kappa shape index (κ1) is 16.3. The Balaban J connectivity index is 1.66. The van der Waals surface area contributed by atoms with Gasteiger partial charge in [-0.15, -0.1) is 10.2 Å². The lowest BCUT2D eigenvalue weighted by atomic mass is 9.95. The molecule has 1 fully saturated rings. The number of aromatic nitrogens is 2. The van der Waals surface area contributed by atoms with Crippen LogP contribution in [0.5, 0.6) is 0 Å². The van der Waals surface area contributed by atoms with Crippen LogP contribution in [-0.2, 0) is 4.79 Å². The highest BCUT2D eigenvalue weighted by Crippen LogP contribution is 2.34. The van der Waals surface area contributed by atoms with Gasteiger partial charge in [0, 0.05) is 24.6 Å². The number of para-hydroxylation sites is 1.